The van der Waals surface area contributed by atoms with E-state index in [1.165, 1.54) is 31.3 Å². The Morgan fingerprint density at radius 2 is 2.00 bits per heavy atom. The van der Waals surface area contributed by atoms with Gasteiger partial charge in [0.25, 0.3) is 10.0 Å². The van der Waals surface area contributed by atoms with Crippen LogP contribution in [-0.4, -0.2) is 33.0 Å². The van der Waals surface area contributed by atoms with Crippen molar-refractivity contribution in [3.8, 4) is 0 Å². The van der Waals surface area contributed by atoms with E-state index in [0.717, 1.165) is 10.4 Å². The molecule has 0 saturated heterocycles. The highest BCUT2D eigenvalue weighted by Gasteiger charge is 2.34. The second-order valence-electron chi connectivity index (χ2n) is 5.60. The van der Waals surface area contributed by atoms with Gasteiger partial charge in [-0.1, -0.05) is 35.9 Å². The maximum Gasteiger partial charge on any atom is 0.303 e. The number of sulfonamides is 1. The second kappa shape index (κ2) is 7.88. The molecule has 0 fully saturated rings. The first-order valence-corrected chi connectivity index (χ1v) is 9.51. The first-order chi connectivity index (χ1) is 15.8. The normalized spacial score (nSPS) is 24.2. The average Bonchev–Trinajstić information content (AvgIpc) is 2.81. The van der Waals surface area contributed by atoms with Crippen LogP contribution in [0.1, 0.15) is 47.3 Å². The molecule has 3 rings (SSSR count). The molecule has 1 aliphatic rings. The Kier molecular flexibility index (Phi) is 3.41. The van der Waals surface area contributed by atoms with E-state index in [1.54, 1.807) is 12.1 Å². The van der Waals surface area contributed by atoms with Gasteiger partial charge in [0, 0.05) is 29.4 Å². The Balaban J connectivity index is 2.25. The molecule has 0 saturated carbocycles. The molecular formula is C19H21ClN2O4S. The number of nitrogens with one attached hydrogen (secondary N) is 1. The number of halogens is 1. The summed E-state index contributed by atoms with van der Waals surface area (Å²) in [6.07, 6.45) is -11.4. The Hall–Kier alpha value is -2.09. The number of aliphatic carboxylic acids is 1. The number of carbonyl (C=O) groups is 1. The number of para-hydroxylation sites is 1. The van der Waals surface area contributed by atoms with Crippen molar-refractivity contribution in [3.05, 3.63) is 58.6 Å². The minimum atomic E-state index is -4.20. The van der Waals surface area contributed by atoms with Crippen LogP contribution in [0.3, 0.4) is 0 Å². The Labute approximate surface area is 175 Å². The summed E-state index contributed by atoms with van der Waals surface area (Å²) in [6.45, 7) is -3.42. The number of carboxylic acids is 1. The zero-order chi connectivity index (χ0) is 26.8. The van der Waals surface area contributed by atoms with Crippen LogP contribution in [0.15, 0.2) is 47.4 Å². The zero-order valence-corrected chi connectivity index (χ0v) is 15.6. The fourth-order valence-corrected chi connectivity index (χ4v) is 4.53. The molecule has 1 atom stereocenters. The van der Waals surface area contributed by atoms with Crippen LogP contribution in [0, 0.1) is 0 Å². The minimum Gasteiger partial charge on any atom is -0.481 e. The van der Waals surface area contributed by atoms with Crippen LogP contribution in [0.2, 0.25) is 5.02 Å². The minimum absolute atomic E-state index is 0.0207. The van der Waals surface area contributed by atoms with Crippen molar-refractivity contribution in [1.29, 1.82) is 0 Å². The van der Waals surface area contributed by atoms with E-state index in [2.05, 4.69) is 5.32 Å². The van der Waals surface area contributed by atoms with Crippen molar-refractivity contribution in [2.45, 2.75) is 30.1 Å². The maximum absolute atomic E-state index is 13.3. The van der Waals surface area contributed by atoms with E-state index in [4.69, 9.17) is 27.7 Å². The quantitative estimate of drug-likeness (QED) is 0.753. The van der Waals surface area contributed by atoms with Crippen LogP contribution in [0.4, 0.5) is 5.69 Å². The summed E-state index contributed by atoms with van der Waals surface area (Å²) in [7, 11) is -2.93. The molecule has 0 unspecified atom stereocenters. The van der Waals surface area contributed by atoms with E-state index in [9.17, 15) is 13.2 Å². The fourth-order valence-electron chi connectivity index (χ4n) is 2.81. The van der Waals surface area contributed by atoms with E-state index in [-0.39, 0.29) is 26.7 Å². The lowest BCUT2D eigenvalue weighted by Crippen LogP contribution is -2.26. The molecule has 2 N–H and O–H groups in total. The second-order valence-corrected chi connectivity index (χ2v) is 7.97. The molecule has 1 aliphatic heterocycles. The number of carboxylic acid groups (broad SMARTS) is 1. The number of rotatable bonds is 6. The largest absolute Gasteiger partial charge is 0.481 e. The van der Waals surface area contributed by atoms with Gasteiger partial charge in [-0.3, -0.25) is 9.10 Å². The molecule has 0 amide bonds. The van der Waals surface area contributed by atoms with Gasteiger partial charge in [0.15, 0.2) is 0 Å². The van der Waals surface area contributed by atoms with E-state index in [0.29, 0.717) is 0 Å². The van der Waals surface area contributed by atoms with Gasteiger partial charge in [-0.2, -0.15) is 0 Å². The number of benzene rings is 2. The summed E-state index contributed by atoms with van der Waals surface area (Å²) in [5.41, 5.74) is 0.298. The number of hydrogen-bond acceptors (Lipinski definition) is 4. The first-order valence-electron chi connectivity index (χ1n) is 11.7. The highest BCUT2D eigenvalue weighted by Crippen LogP contribution is 2.40. The van der Waals surface area contributed by atoms with Crippen molar-refractivity contribution in [1.82, 2.24) is 5.32 Å². The molecule has 0 aromatic heterocycles. The summed E-state index contributed by atoms with van der Waals surface area (Å²) >= 11 is 6.03. The van der Waals surface area contributed by atoms with Crippen molar-refractivity contribution in [2.75, 3.05) is 17.8 Å². The van der Waals surface area contributed by atoms with Gasteiger partial charge in [-0.15, -0.1) is 0 Å². The Morgan fingerprint density at radius 1 is 1.26 bits per heavy atom. The number of nitrogens with zero attached hydrogens (tertiary/aromatic N) is 1. The van der Waals surface area contributed by atoms with Crippen LogP contribution < -0.4 is 9.62 Å². The third-order valence-electron chi connectivity index (χ3n) is 4.02. The van der Waals surface area contributed by atoms with Gasteiger partial charge in [0.2, 0.25) is 0 Å². The van der Waals surface area contributed by atoms with Gasteiger partial charge in [0.05, 0.1) is 16.6 Å². The number of hydrogen-bond donors (Lipinski definition) is 2. The lowest BCUT2D eigenvalue weighted by atomic mass is 9.96. The van der Waals surface area contributed by atoms with Crippen LogP contribution >= 0.6 is 11.6 Å². The SMILES string of the molecule is [2H]C([2H])(N[C@@H]1c2ccccc2N(C)S(=O)(=O)c2cc(Cl)ccc21)C([2H])([2H])C([2H])([2H])C([2H])([2H])C(=O)O. The molecule has 27 heavy (non-hydrogen) atoms. The van der Waals surface area contributed by atoms with Crippen molar-refractivity contribution >= 4 is 33.3 Å². The lowest BCUT2D eigenvalue weighted by molar-refractivity contribution is -0.137. The summed E-state index contributed by atoms with van der Waals surface area (Å²) in [5.74, 6) is -2.31. The monoisotopic (exact) mass is 416 g/mol. The van der Waals surface area contributed by atoms with Crippen LogP contribution in [-0.2, 0) is 14.8 Å². The smallest absolute Gasteiger partial charge is 0.303 e. The number of anilines is 1. The summed E-state index contributed by atoms with van der Waals surface area (Å²) in [4.78, 5) is 11.0. The summed E-state index contributed by atoms with van der Waals surface area (Å²) in [5, 5.41) is 11.5. The van der Waals surface area contributed by atoms with Gasteiger partial charge in [-0.25, -0.2) is 8.42 Å². The van der Waals surface area contributed by atoms with E-state index >= 15 is 0 Å². The van der Waals surface area contributed by atoms with Crippen molar-refractivity contribution < 1.29 is 29.3 Å². The molecule has 2 aromatic rings. The van der Waals surface area contributed by atoms with E-state index in [1.807, 2.05) is 0 Å². The Morgan fingerprint density at radius 3 is 2.74 bits per heavy atom. The third-order valence-corrected chi connectivity index (χ3v) is 6.09. The third kappa shape index (κ3) is 3.95. The van der Waals surface area contributed by atoms with Gasteiger partial charge in [0.1, 0.15) is 0 Å². The van der Waals surface area contributed by atoms with Crippen molar-refractivity contribution in [3.63, 3.8) is 0 Å². The van der Waals surface area contributed by atoms with Gasteiger partial charge in [-0.05, 0) is 48.6 Å². The molecule has 1 heterocycles. The molecule has 0 radical (unpaired) electrons. The standard InChI is InChI=1S/C19H21ClN2O4S/c1-22-16-7-3-2-6-14(16)19(21-11-5-4-8-18(23)24)15-10-9-13(20)12-17(15)27(22,25)26/h2-3,6-7,9-10,12,19,21H,4-5,8,11H2,1H3,(H,23,24)/t19-/m1/s1/i4D2,5D2,8D2,11D2. The van der Waals surface area contributed by atoms with Gasteiger partial charge >= 0.3 is 5.97 Å². The topological polar surface area (TPSA) is 86.7 Å². The van der Waals surface area contributed by atoms with Crippen LogP contribution in [0.5, 0.6) is 0 Å². The molecule has 0 bridgehead atoms. The summed E-state index contributed by atoms with van der Waals surface area (Å²) in [6, 6.07) is 8.43. The Bertz CT molecular complexity index is 1290. The average molecular weight is 417 g/mol. The lowest BCUT2D eigenvalue weighted by Gasteiger charge is -2.22. The molecule has 0 aliphatic carbocycles. The fraction of sp³-hybridized carbons (Fsp3) is 0.316. The molecule has 0 spiro atoms. The number of fused-ring (bicyclic) bond motifs is 2. The molecular weight excluding hydrogens is 388 g/mol. The molecule has 144 valence electrons. The van der Waals surface area contributed by atoms with Crippen LogP contribution in [0.25, 0.3) is 0 Å². The predicted molar refractivity (Wildman–Crippen MR) is 105 cm³/mol. The molecule has 8 heteroatoms. The van der Waals surface area contributed by atoms with E-state index < -0.39 is 47.7 Å². The first kappa shape index (κ1) is 11.7. The highest BCUT2D eigenvalue weighted by molar-refractivity contribution is 7.92. The maximum atomic E-state index is 13.3. The zero-order valence-electron chi connectivity index (χ0n) is 22.0. The predicted octanol–water partition coefficient (Wildman–Crippen LogP) is 3.41. The summed E-state index contributed by atoms with van der Waals surface area (Å²) < 4.78 is 91.7. The van der Waals surface area contributed by atoms with Crippen molar-refractivity contribution in [2.24, 2.45) is 0 Å². The molecule has 6 nitrogen and oxygen atoms in total. The van der Waals surface area contributed by atoms with Gasteiger partial charge < -0.3 is 10.4 Å². The highest BCUT2D eigenvalue weighted by atomic mass is 35.5. The molecule has 2 aromatic carbocycles.